The predicted molar refractivity (Wildman–Crippen MR) is 115 cm³/mol. The van der Waals surface area contributed by atoms with Crippen molar-refractivity contribution in [2.75, 3.05) is 6.61 Å². The van der Waals surface area contributed by atoms with Gasteiger partial charge in [0.25, 0.3) is 5.91 Å². The molecule has 2 aliphatic rings. The number of benzene rings is 1. The Balaban J connectivity index is 1.42. The molecular formula is C21H27ClN6O4. The third kappa shape index (κ3) is 4.92. The number of amides is 2. The molecule has 1 aromatic carbocycles. The van der Waals surface area contributed by atoms with Crippen molar-refractivity contribution in [1.29, 1.82) is 0 Å². The lowest BCUT2D eigenvalue weighted by Crippen LogP contribution is -2.52. The van der Waals surface area contributed by atoms with E-state index < -0.39 is 23.7 Å². The molecule has 1 aliphatic carbocycles. The van der Waals surface area contributed by atoms with Crippen molar-refractivity contribution in [3.8, 4) is 5.69 Å². The molecule has 11 heteroatoms. The Morgan fingerprint density at radius 3 is 2.81 bits per heavy atom. The molecule has 2 aromatic rings. The number of piperidine rings is 1. The second-order valence-corrected chi connectivity index (χ2v) is 9.68. The summed E-state index contributed by atoms with van der Waals surface area (Å²) in [5, 5.41) is 25.0. The molecule has 10 nitrogen and oxygen atoms in total. The summed E-state index contributed by atoms with van der Waals surface area (Å²) in [4.78, 5) is 27.5. The van der Waals surface area contributed by atoms with Crippen LogP contribution in [0.5, 0.6) is 0 Å². The Labute approximate surface area is 190 Å². The number of carbonyl (C=O) groups excluding carboxylic acids is 2. The molecule has 2 heterocycles. The van der Waals surface area contributed by atoms with Crippen molar-refractivity contribution in [2.24, 2.45) is 5.92 Å². The number of aliphatic hydroxyl groups excluding tert-OH is 1. The van der Waals surface area contributed by atoms with E-state index in [9.17, 15) is 14.7 Å². The number of aliphatic hydroxyl groups is 1. The minimum atomic E-state index is -1.30. The lowest BCUT2D eigenvalue weighted by Gasteiger charge is -2.30. The first kappa shape index (κ1) is 22.6. The second-order valence-electron chi connectivity index (χ2n) is 9.24. The van der Waals surface area contributed by atoms with E-state index >= 15 is 0 Å². The van der Waals surface area contributed by atoms with Crippen molar-refractivity contribution in [2.45, 2.75) is 63.9 Å². The van der Waals surface area contributed by atoms with Gasteiger partial charge in [0, 0.05) is 17.6 Å². The first-order valence-corrected chi connectivity index (χ1v) is 11.0. The number of hydrogen-bond donors (Lipinski definition) is 2. The fraction of sp³-hybridized carbons (Fsp3) is 0.571. The topological polar surface area (TPSA) is 122 Å². The molecule has 0 radical (unpaired) electrons. The van der Waals surface area contributed by atoms with Crippen LogP contribution in [-0.2, 0) is 20.9 Å². The number of aromatic nitrogens is 4. The van der Waals surface area contributed by atoms with Gasteiger partial charge in [0.2, 0.25) is 5.91 Å². The summed E-state index contributed by atoms with van der Waals surface area (Å²) in [6.07, 6.45) is 1.61. The maximum atomic E-state index is 13.0. The maximum absolute atomic E-state index is 13.0. The first-order valence-electron chi connectivity index (χ1n) is 10.6. The fourth-order valence-electron chi connectivity index (χ4n) is 4.07. The van der Waals surface area contributed by atoms with Crippen LogP contribution in [0.15, 0.2) is 24.5 Å². The van der Waals surface area contributed by atoms with Crippen molar-refractivity contribution >= 4 is 23.4 Å². The highest BCUT2D eigenvalue weighted by atomic mass is 35.5. The normalized spacial score (nSPS) is 23.0. The lowest BCUT2D eigenvalue weighted by molar-refractivity contribution is -0.151. The third-order valence-electron chi connectivity index (χ3n) is 5.71. The van der Waals surface area contributed by atoms with Gasteiger partial charge in [-0.3, -0.25) is 9.59 Å². The Morgan fingerprint density at radius 2 is 2.12 bits per heavy atom. The zero-order chi connectivity index (χ0) is 23.0. The van der Waals surface area contributed by atoms with Gasteiger partial charge in [-0.05, 0) is 73.7 Å². The van der Waals surface area contributed by atoms with Gasteiger partial charge in [-0.2, -0.15) is 0 Å². The van der Waals surface area contributed by atoms with Crippen LogP contribution < -0.4 is 5.32 Å². The van der Waals surface area contributed by atoms with Gasteiger partial charge in [-0.25, -0.2) is 4.68 Å². The Kier molecular flexibility index (Phi) is 6.19. The van der Waals surface area contributed by atoms with Crippen LogP contribution in [-0.4, -0.2) is 72.4 Å². The quantitative estimate of drug-likeness (QED) is 0.631. The second kappa shape index (κ2) is 8.76. The molecule has 0 spiro atoms. The summed E-state index contributed by atoms with van der Waals surface area (Å²) in [7, 11) is 0. The average Bonchev–Trinajstić information content (AvgIpc) is 3.14. The predicted octanol–water partition coefficient (Wildman–Crippen LogP) is 1.10. The molecule has 0 unspecified atom stereocenters. The van der Waals surface area contributed by atoms with Gasteiger partial charge in [0.15, 0.2) is 6.10 Å². The lowest BCUT2D eigenvalue weighted by atomic mass is 10.1. The van der Waals surface area contributed by atoms with Crippen LogP contribution in [0.25, 0.3) is 5.69 Å². The van der Waals surface area contributed by atoms with Crippen molar-refractivity contribution in [3.05, 3.63) is 35.1 Å². The van der Waals surface area contributed by atoms with E-state index in [2.05, 4.69) is 20.8 Å². The van der Waals surface area contributed by atoms with E-state index in [1.807, 2.05) is 20.8 Å². The van der Waals surface area contributed by atoms with Gasteiger partial charge in [0.1, 0.15) is 12.4 Å². The van der Waals surface area contributed by atoms with Crippen molar-refractivity contribution in [3.63, 3.8) is 0 Å². The van der Waals surface area contributed by atoms with Crippen molar-refractivity contribution < 1.29 is 19.4 Å². The minimum absolute atomic E-state index is 0.00508. The van der Waals surface area contributed by atoms with E-state index in [4.69, 9.17) is 16.3 Å². The van der Waals surface area contributed by atoms with Gasteiger partial charge in [-0.1, -0.05) is 11.6 Å². The van der Waals surface area contributed by atoms with Gasteiger partial charge in [-0.15, -0.1) is 5.10 Å². The zero-order valence-electron chi connectivity index (χ0n) is 18.2. The number of likely N-dealkylation sites (tertiary alicyclic amines) is 1. The highest BCUT2D eigenvalue weighted by molar-refractivity contribution is 6.30. The Bertz CT molecular complexity index is 993. The average molecular weight is 463 g/mol. The largest absolute Gasteiger partial charge is 0.381 e. The molecule has 0 bridgehead atoms. The third-order valence-corrected chi connectivity index (χ3v) is 5.95. The smallest absolute Gasteiger partial charge is 0.254 e. The van der Waals surface area contributed by atoms with E-state index in [0.29, 0.717) is 23.0 Å². The Hall–Kier alpha value is -2.56. The number of nitrogens with one attached hydrogen (secondary N) is 1. The van der Waals surface area contributed by atoms with Gasteiger partial charge < -0.3 is 20.1 Å². The summed E-state index contributed by atoms with van der Waals surface area (Å²) in [5.74, 6) is -0.429. The molecule has 2 amide bonds. The fourth-order valence-corrected chi connectivity index (χ4v) is 4.27. The zero-order valence-corrected chi connectivity index (χ0v) is 19.0. The van der Waals surface area contributed by atoms with Crippen LogP contribution in [0.1, 0.15) is 39.2 Å². The number of hydrogen-bond acceptors (Lipinski definition) is 7. The summed E-state index contributed by atoms with van der Waals surface area (Å²) in [6.45, 7) is 5.65. The molecule has 172 valence electrons. The SMILES string of the molecule is CC(C)(C)OC[C@@H](O)C(=O)N1[C@H](C(=O)NCc2cc(Cl)ccc2-n2cnnn2)C[C@@H]2C[C@@H]21. The van der Waals surface area contributed by atoms with Crippen LogP contribution in [0.2, 0.25) is 5.02 Å². The van der Waals surface area contributed by atoms with E-state index in [-0.39, 0.29) is 25.1 Å². The molecule has 2 N–H and O–H groups in total. The van der Waals surface area contributed by atoms with Crippen LogP contribution in [0, 0.1) is 5.92 Å². The highest BCUT2D eigenvalue weighted by Gasteiger charge is 2.56. The molecule has 2 fully saturated rings. The number of fused-ring (bicyclic) bond motifs is 1. The number of nitrogens with zero attached hydrogens (tertiary/aromatic N) is 5. The minimum Gasteiger partial charge on any atom is -0.381 e. The van der Waals surface area contributed by atoms with E-state index in [1.54, 1.807) is 18.2 Å². The number of rotatable bonds is 7. The standard InChI is InChI=1S/C21H27ClN6O4/c1-21(2,3)32-10-18(29)20(31)28-16-7-12(16)8-17(28)19(30)23-9-13-6-14(22)4-5-15(13)27-11-24-25-26-27/h4-6,11-12,16-18,29H,7-10H2,1-3H3,(H,23,30)/t12-,16-,17-,18+/m0/s1. The molecule has 1 aromatic heterocycles. The summed E-state index contributed by atoms with van der Waals surface area (Å²) < 4.78 is 7.04. The highest BCUT2D eigenvalue weighted by Crippen LogP contribution is 2.48. The molecular weight excluding hydrogens is 436 g/mol. The summed E-state index contributed by atoms with van der Waals surface area (Å²) in [6, 6.07) is 4.61. The number of carbonyl (C=O) groups is 2. The molecule has 4 atom stereocenters. The molecule has 32 heavy (non-hydrogen) atoms. The molecule has 4 rings (SSSR count). The van der Waals surface area contributed by atoms with Crippen LogP contribution in [0.3, 0.4) is 0 Å². The molecule has 1 saturated heterocycles. The number of halogens is 1. The van der Waals surface area contributed by atoms with Crippen LogP contribution >= 0.6 is 11.6 Å². The molecule has 1 saturated carbocycles. The molecule has 1 aliphatic heterocycles. The summed E-state index contributed by atoms with van der Waals surface area (Å²) >= 11 is 6.14. The monoisotopic (exact) mass is 462 g/mol. The number of ether oxygens (including phenoxy) is 1. The van der Waals surface area contributed by atoms with Crippen LogP contribution in [0.4, 0.5) is 0 Å². The Morgan fingerprint density at radius 1 is 1.34 bits per heavy atom. The van der Waals surface area contributed by atoms with E-state index in [0.717, 1.165) is 12.0 Å². The maximum Gasteiger partial charge on any atom is 0.254 e. The summed E-state index contributed by atoms with van der Waals surface area (Å²) in [5.41, 5.74) is 0.953. The van der Waals surface area contributed by atoms with E-state index in [1.165, 1.54) is 15.9 Å². The first-order chi connectivity index (χ1) is 15.1. The van der Waals surface area contributed by atoms with Crippen molar-refractivity contribution in [1.82, 2.24) is 30.4 Å². The number of tetrazole rings is 1. The van der Waals surface area contributed by atoms with Gasteiger partial charge >= 0.3 is 0 Å². The van der Waals surface area contributed by atoms with Gasteiger partial charge in [0.05, 0.1) is 17.9 Å².